The minimum atomic E-state index is -0.0979. The molecule has 0 aliphatic heterocycles. The van der Waals surface area contributed by atoms with Crippen LogP contribution in [0, 0.1) is 11.7 Å². The van der Waals surface area contributed by atoms with Gasteiger partial charge in [0, 0.05) is 24.2 Å². The third kappa shape index (κ3) is 3.54. The topological polar surface area (TPSA) is 15.3 Å². The molecule has 0 saturated heterocycles. The lowest BCUT2D eigenvalue weighted by Crippen LogP contribution is -2.50. The second kappa shape index (κ2) is 6.49. The van der Waals surface area contributed by atoms with Crippen molar-refractivity contribution < 1.29 is 4.39 Å². The molecule has 2 rings (SSSR count). The smallest absolute Gasteiger partial charge is 0.127 e. The van der Waals surface area contributed by atoms with Gasteiger partial charge in [-0.05, 0) is 45.3 Å². The van der Waals surface area contributed by atoms with Crippen molar-refractivity contribution in [1.82, 2.24) is 10.2 Å². The zero-order valence-electron chi connectivity index (χ0n) is 12.2. The summed E-state index contributed by atoms with van der Waals surface area (Å²) in [6.45, 7) is 3.00. The zero-order valence-corrected chi connectivity index (χ0v) is 12.2. The summed E-state index contributed by atoms with van der Waals surface area (Å²) in [6.07, 6.45) is 3.69. The molecule has 0 radical (unpaired) electrons. The summed E-state index contributed by atoms with van der Waals surface area (Å²) in [4.78, 5) is 2.30. The summed E-state index contributed by atoms with van der Waals surface area (Å²) < 4.78 is 13.7. The number of halogens is 1. The van der Waals surface area contributed by atoms with Gasteiger partial charge in [-0.3, -0.25) is 4.90 Å². The Bertz CT molecular complexity index is 407. The average Bonchev–Trinajstić information content (AvgIpc) is 2.41. The number of rotatable bonds is 4. The molecular formula is C16H25FN2. The van der Waals surface area contributed by atoms with Crippen molar-refractivity contribution in [1.29, 1.82) is 0 Å². The van der Waals surface area contributed by atoms with Gasteiger partial charge in [0.15, 0.2) is 0 Å². The highest BCUT2D eigenvalue weighted by molar-refractivity contribution is 5.17. The van der Waals surface area contributed by atoms with E-state index in [0.717, 1.165) is 11.5 Å². The molecule has 3 atom stereocenters. The van der Waals surface area contributed by atoms with E-state index in [1.165, 1.54) is 19.3 Å². The first-order valence-electron chi connectivity index (χ1n) is 7.22. The van der Waals surface area contributed by atoms with Gasteiger partial charge in [0.05, 0.1) is 0 Å². The van der Waals surface area contributed by atoms with Crippen LogP contribution >= 0.6 is 0 Å². The standard InChI is InChI=1S/C16H25FN2/c1-12-8-9-15(18-2)16(10-12)19(3)11-13-6-4-5-7-14(13)17/h4-7,12,15-16,18H,8-11H2,1-3H3. The number of hydrogen-bond acceptors (Lipinski definition) is 2. The van der Waals surface area contributed by atoms with Crippen LogP contribution in [0.25, 0.3) is 0 Å². The predicted octanol–water partition coefficient (Wildman–Crippen LogP) is 3.03. The normalized spacial score (nSPS) is 27.7. The van der Waals surface area contributed by atoms with Gasteiger partial charge in [-0.25, -0.2) is 4.39 Å². The molecule has 0 aromatic heterocycles. The van der Waals surface area contributed by atoms with E-state index in [9.17, 15) is 4.39 Å². The molecule has 1 saturated carbocycles. The van der Waals surface area contributed by atoms with E-state index in [2.05, 4.69) is 24.2 Å². The predicted molar refractivity (Wildman–Crippen MR) is 77.5 cm³/mol. The van der Waals surface area contributed by atoms with Crippen LogP contribution in [0.4, 0.5) is 4.39 Å². The first-order valence-corrected chi connectivity index (χ1v) is 7.22. The minimum Gasteiger partial charge on any atom is -0.315 e. The summed E-state index contributed by atoms with van der Waals surface area (Å²) in [7, 11) is 4.14. The number of likely N-dealkylation sites (N-methyl/N-ethyl adjacent to an activating group) is 2. The minimum absolute atomic E-state index is 0.0979. The van der Waals surface area contributed by atoms with Crippen molar-refractivity contribution >= 4 is 0 Å². The molecule has 3 heteroatoms. The molecule has 106 valence electrons. The lowest BCUT2D eigenvalue weighted by Gasteiger charge is -2.40. The van der Waals surface area contributed by atoms with Crippen LogP contribution in [-0.4, -0.2) is 31.1 Å². The largest absolute Gasteiger partial charge is 0.315 e. The number of hydrogen-bond donors (Lipinski definition) is 1. The first-order chi connectivity index (χ1) is 9.11. The van der Waals surface area contributed by atoms with Crippen LogP contribution in [0.15, 0.2) is 24.3 Å². The Morgan fingerprint density at radius 3 is 2.74 bits per heavy atom. The van der Waals surface area contributed by atoms with E-state index >= 15 is 0 Å². The molecule has 1 aliphatic rings. The van der Waals surface area contributed by atoms with E-state index in [1.54, 1.807) is 12.1 Å². The molecule has 0 heterocycles. The third-order valence-electron chi connectivity index (χ3n) is 4.39. The summed E-state index contributed by atoms with van der Waals surface area (Å²) in [6, 6.07) is 8.10. The van der Waals surface area contributed by atoms with Gasteiger partial charge in [0.1, 0.15) is 5.82 Å². The molecule has 1 fully saturated rings. The van der Waals surface area contributed by atoms with Crippen LogP contribution in [0.3, 0.4) is 0 Å². The van der Waals surface area contributed by atoms with E-state index in [0.29, 0.717) is 18.6 Å². The van der Waals surface area contributed by atoms with Crippen molar-refractivity contribution in [3.05, 3.63) is 35.6 Å². The Morgan fingerprint density at radius 1 is 1.32 bits per heavy atom. The number of nitrogens with one attached hydrogen (secondary N) is 1. The average molecular weight is 264 g/mol. The maximum Gasteiger partial charge on any atom is 0.127 e. The molecular weight excluding hydrogens is 239 g/mol. The molecule has 1 aromatic carbocycles. The van der Waals surface area contributed by atoms with Crippen molar-refractivity contribution in [3.8, 4) is 0 Å². The third-order valence-corrected chi connectivity index (χ3v) is 4.39. The second-order valence-electron chi connectivity index (χ2n) is 5.89. The van der Waals surface area contributed by atoms with Crippen LogP contribution < -0.4 is 5.32 Å². The van der Waals surface area contributed by atoms with Gasteiger partial charge >= 0.3 is 0 Å². The maximum atomic E-state index is 13.7. The van der Waals surface area contributed by atoms with Crippen molar-refractivity contribution in [2.45, 2.75) is 44.8 Å². The molecule has 2 nitrogen and oxygen atoms in total. The summed E-state index contributed by atoms with van der Waals surface area (Å²) in [5.74, 6) is 0.664. The van der Waals surface area contributed by atoms with Gasteiger partial charge in [0.25, 0.3) is 0 Å². The highest BCUT2D eigenvalue weighted by atomic mass is 19.1. The molecule has 0 amide bonds. The van der Waals surface area contributed by atoms with E-state index in [1.807, 2.05) is 19.2 Å². The monoisotopic (exact) mass is 264 g/mol. The quantitative estimate of drug-likeness (QED) is 0.899. The van der Waals surface area contributed by atoms with Gasteiger partial charge in [-0.15, -0.1) is 0 Å². The van der Waals surface area contributed by atoms with E-state index in [4.69, 9.17) is 0 Å². The van der Waals surface area contributed by atoms with Gasteiger partial charge in [0.2, 0.25) is 0 Å². The summed E-state index contributed by atoms with van der Waals surface area (Å²) >= 11 is 0. The van der Waals surface area contributed by atoms with Gasteiger partial charge in [-0.2, -0.15) is 0 Å². The SMILES string of the molecule is CNC1CCC(C)CC1N(C)Cc1ccccc1F. The highest BCUT2D eigenvalue weighted by Gasteiger charge is 2.30. The fourth-order valence-electron chi connectivity index (χ4n) is 3.19. The molecule has 0 bridgehead atoms. The molecule has 1 N–H and O–H groups in total. The first kappa shape index (κ1) is 14.5. The molecule has 3 unspecified atom stereocenters. The lowest BCUT2D eigenvalue weighted by molar-refractivity contribution is 0.122. The number of benzene rings is 1. The Kier molecular flexibility index (Phi) is 4.94. The Balaban J connectivity index is 2.05. The summed E-state index contributed by atoms with van der Waals surface area (Å²) in [5, 5.41) is 3.42. The maximum absolute atomic E-state index is 13.7. The fraction of sp³-hybridized carbons (Fsp3) is 0.625. The van der Waals surface area contributed by atoms with Gasteiger partial charge in [-0.1, -0.05) is 25.1 Å². The van der Waals surface area contributed by atoms with Crippen molar-refractivity contribution in [2.24, 2.45) is 5.92 Å². The van der Waals surface area contributed by atoms with Crippen LogP contribution in [-0.2, 0) is 6.54 Å². The van der Waals surface area contributed by atoms with Gasteiger partial charge < -0.3 is 5.32 Å². The summed E-state index contributed by atoms with van der Waals surface area (Å²) in [5.41, 5.74) is 0.790. The number of nitrogens with zero attached hydrogens (tertiary/aromatic N) is 1. The second-order valence-corrected chi connectivity index (χ2v) is 5.89. The fourth-order valence-corrected chi connectivity index (χ4v) is 3.19. The molecule has 0 spiro atoms. The van der Waals surface area contributed by atoms with Crippen molar-refractivity contribution in [2.75, 3.05) is 14.1 Å². The molecule has 1 aromatic rings. The lowest BCUT2D eigenvalue weighted by atomic mass is 9.82. The van der Waals surface area contributed by atoms with Crippen LogP contribution in [0.5, 0.6) is 0 Å². The van der Waals surface area contributed by atoms with Crippen molar-refractivity contribution in [3.63, 3.8) is 0 Å². The van der Waals surface area contributed by atoms with Crippen LogP contribution in [0.2, 0.25) is 0 Å². The highest BCUT2D eigenvalue weighted by Crippen LogP contribution is 2.28. The molecule has 1 aliphatic carbocycles. The zero-order chi connectivity index (χ0) is 13.8. The Morgan fingerprint density at radius 2 is 2.05 bits per heavy atom. The Labute approximate surface area is 116 Å². The van der Waals surface area contributed by atoms with E-state index in [-0.39, 0.29) is 5.82 Å². The molecule has 19 heavy (non-hydrogen) atoms. The van der Waals surface area contributed by atoms with Crippen LogP contribution in [0.1, 0.15) is 31.7 Å². The van der Waals surface area contributed by atoms with E-state index < -0.39 is 0 Å². The Hall–Kier alpha value is -0.930.